The van der Waals surface area contributed by atoms with E-state index in [2.05, 4.69) is 23.9 Å². The third kappa shape index (κ3) is 7.74. The van der Waals surface area contributed by atoms with Crippen molar-refractivity contribution in [1.29, 1.82) is 0 Å². The molecule has 0 bridgehead atoms. The van der Waals surface area contributed by atoms with Gasteiger partial charge in [0.2, 0.25) is 5.91 Å². The lowest BCUT2D eigenvalue weighted by Crippen LogP contribution is -2.34. The number of amides is 1. The van der Waals surface area contributed by atoms with Crippen LogP contribution in [0.15, 0.2) is 0 Å². The van der Waals surface area contributed by atoms with Gasteiger partial charge in [0.25, 0.3) is 0 Å². The van der Waals surface area contributed by atoms with Crippen LogP contribution in [0.3, 0.4) is 0 Å². The monoisotopic (exact) mass is 245 g/mol. The van der Waals surface area contributed by atoms with Gasteiger partial charge in [-0.05, 0) is 12.8 Å². The van der Waals surface area contributed by atoms with Crippen LogP contribution in [0.2, 0.25) is 0 Å². The Kier molecular flexibility index (Phi) is 8.40. The number of nitrogens with one attached hydrogen (secondary N) is 1. The van der Waals surface area contributed by atoms with Gasteiger partial charge < -0.3 is 14.8 Å². The number of carbonyl (C=O) groups excluding carboxylic acids is 2. The van der Waals surface area contributed by atoms with E-state index in [4.69, 9.17) is 4.74 Å². The average Bonchev–Trinajstić information content (AvgIpc) is 2.23. The molecular formula is C12H23NO4. The van der Waals surface area contributed by atoms with E-state index in [0.717, 1.165) is 0 Å². The van der Waals surface area contributed by atoms with E-state index >= 15 is 0 Å². The minimum Gasteiger partial charge on any atom is -0.466 e. The molecule has 1 N–H and O–H groups in total. The maximum absolute atomic E-state index is 11.4. The lowest BCUT2D eigenvalue weighted by atomic mass is 9.97. The Morgan fingerprint density at radius 1 is 1.29 bits per heavy atom. The molecule has 5 heteroatoms. The molecule has 0 aliphatic carbocycles. The smallest absolute Gasteiger partial charge is 0.315 e. The molecule has 0 saturated carbocycles. The van der Waals surface area contributed by atoms with Gasteiger partial charge in [-0.15, -0.1) is 0 Å². The van der Waals surface area contributed by atoms with Crippen LogP contribution in [-0.4, -0.2) is 38.7 Å². The first-order chi connectivity index (χ1) is 8.01. The highest BCUT2D eigenvalue weighted by molar-refractivity contribution is 5.94. The predicted octanol–water partition coefficient (Wildman–Crippen LogP) is 0.974. The number of hydrogen-bond donors (Lipinski definition) is 1. The molecule has 0 aromatic carbocycles. The van der Waals surface area contributed by atoms with Crippen molar-refractivity contribution in [3.8, 4) is 0 Å². The van der Waals surface area contributed by atoms with Crippen LogP contribution in [0.5, 0.6) is 0 Å². The van der Waals surface area contributed by atoms with Crippen molar-refractivity contribution in [2.45, 2.75) is 27.2 Å². The summed E-state index contributed by atoms with van der Waals surface area (Å²) in [6.45, 7) is 7.26. The molecule has 5 nitrogen and oxygen atoms in total. The fourth-order valence-electron chi connectivity index (χ4n) is 1.35. The van der Waals surface area contributed by atoms with E-state index < -0.39 is 5.97 Å². The molecule has 0 spiro atoms. The van der Waals surface area contributed by atoms with Crippen molar-refractivity contribution in [2.24, 2.45) is 11.8 Å². The van der Waals surface area contributed by atoms with Crippen molar-refractivity contribution >= 4 is 11.9 Å². The van der Waals surface area contributed by atoms with Crippen LogP contribution in [0.25, 0.3) is 0 Å². The van der Waals surface area contributed by atoms with Crippen LogP contribution < -0.4 is 5.32 Å². The molecule has 0 aromatic rings. The van der Waals surface area contributed by atoms with E-state index in [-0.39, 0.29) is 18.2 Å². The normalized spacial score (nSPS) is 12.3. The van der Waals surface area contributed by atoms with Crippen LogP contribution in [0.1, 0.15) is 27.2 Å². The third-order valence-electron chi connectivity index (χ3n) is 2.50. The summed E-state index contributed by atoms with van der Waals surface area (Å²) in [6.07, 6.45) is -0.217. The van der Waals surface area contributed by atoms with Crippen LogP contribution in [0.4, 0.5) is 0 Å². The van der Waals surface area contributed by atoms with Gasteiger partial charge in [-0.1, -0.05) is 13.8 Å². The van der Waals surface area contributed by atoms with Crippen molar-refractivity contribution in [3.05, 3.63) is 0 Å². The summed E-state index contributed by atoms with van der Waals surface area (Å²) in [5, 5.41) is 2.72. The number of methoxy groups -OCH3 is 1. The Bertz CT molecular complexity index is 241. The fraction of sp³-hybridized carbons (Fsp3) is 0.833. The van der Waals surface area contributed by atoms with Gasteiger partial charge >= 0.3 is 5.97 Å². The second-order valence-electron chi connectivity index (χ2n) is 4.25. The van der Waals surface area contributed by atoms with Crippen LogP contribution >= 0.6 is 0 Å². The highest BCUT2D eigenvalue weighted by atomic mass is 16.5. The van der Waals surface area contributed by atoms with Gasteiger partial charge in [-0.2, -0.15) is 0 Å². The summed E-state index contributed by atoms with van der Waals surface area (Å²) in [5.74, 6) is -0.118. The Morgan fingerprint density at radius 3 is 2.41 bits per heavy atom. The summed E-state index contributed by atoms with van der Waals surface area (Å²) in [7, 11) is 1.63. The van der Waals surface area contributed by atoms with Gasteiger partial charge in [0.1, 0.15) is 6.42 Å². The standard InChI is InChI=1S/C12H23NO4/c1-5-17-12(15)6-11(14)13-7-10(8-16-4)9(2)3/h9-10H,5-8H2,1-4H3,(H,13,14). The van der Waals surface area contributed by atoms with Gasteiger partial charge in [-0.3, -0.25) is 9.59 Å². The molecule has 0 aliphatic rings. The molecule has 100 valence electrons. The number of esters is 1. The second-order valence-corrected chi connectivity index (χ2v) is 4.25. The first-order valence-corrected chi connectivity index (χ1v) is 5.92. The van der Waals surface area contributed by atoms with E-state index in [0.29, 0.717) is 25.7 Å². The number of hydrogen-bond acceptors (Lipinski definition) is 4. The van der Waals surface area contributed by atoms with E-state index in [1.807, 2.05) is 0 Å². The van der Waals surface area contributed by atoms with Gasteiger partial charge in [0.05, 0.1) is 13.2 Å². The highest BCUT2D eigenvalue weighted by Crippen LogP contribution is 2.09. The maximum atomic E-state index is 11.4. The lowest BCUT2D eigenvalue weighted by Gasteiger charge is -2.20. The van der Waals surface area contributed by atoms with Crippen molar-refractivity contribution < 1.29 is 19.1 Å². The Balaban J connectivity index is 3.91. The van der Waals surface area contributed by atoms with Crippen LogP contribution in [-0.2, 0) is 19.1 Å². The van der Waals surface area contributed by atoms with Crippen molar-refractivity contribution in [3.63, 3.8) is 0 Å². The van der Waals surface area contributed by atoms with Crippen molar-refractivity contribution in [1.82, 2.24) is 5.32 Å². The maximum Gasteiger partial charge on any atom is 0.315 e. The van der Waals surface area contributed by atoms with E-state index in [1.165, 1.54) is 0 Å². The first kappa shape index (κ1) is 15.9. The molecule has 1 unspecified atom stereocenters. The average molecular weight is 245 g/mol. The zero-order valence-corrected chi connectivity index (χ0v) is 11.1. The molecule has 0 aromatic heterocycles. The largest absolute Gasteiger partial charge is 0.466 e. The topological polar surface area (TPSA) is 64.6 Å². The van der Waals surface area contributed by atoms with E-state index in [9.17, 15) is 9.59 Å². The van der Waals surface area contributed by atoms with Gasteiger partial charge in [0.15, 0.2) is 0 Å². The summed E-state index contributed by atoms with van der Waals surface area (Å²) in [6, 6.07) is 0. The zero-order chi connectivity index (χ0) is 13.3. The van der Waals surface area contributed by atoms with Gasteiger partial charge in [0, 0.05) is 19.6 Å². The minimum atomic E-state index is -0.488. The van der Waals surface area contributed by atoms with Gasteiger partial charge in [-0.25, -0.2) is 0 Å². The summed E-state index contributed by atoms with van der Waals surface area (Å²) in [4.78, 5) is 22.5. The second kappa shape index (κ2) is 8.98. The zero-order valence-electron chi connectivity index (χ0n) is 11.1. The number of rotatable bonds is 8. The molecule has 1 atom stereocenters. The first-order valence-electron chi connectivity index (χ1n) is 5.92. The Morgan fingerprint density at radius 2 is 1.94 bits per heavy atom. The lowest BCUT2D eigenvalue weighted by molar-refractivity contribution is -0.146. The predicted molar refractivity (Wildman–Crippen MR) is 64.5 cm³/mol. The number of carbonyl (C=O) groups is 2. The Hall–Kier alpha value is -1.10. The summed E-state index contributed by atoms with van der Waals surface area (Å²) >= 11 is 0. The van der Waals surface area contributed by atoms with Crippen molar-refractivity contribution in [2.75, 3.05) is 26.9 Å². The molecular weight excluding hydrogens is 222 g/mol. The number of ether oxygens (including phenoxy) is 2. The fourth-order valence-corrected chi connectivity index (χ4v) is 1.35. The van der Waals surface area contributed by atoms with Crippen LogP contribution in [0, 0.1) is 11.8 Å². The molecule has 0 fully saturated rings. The summed E-state index contributed by atoms with van der Waals surface area (Å²) < 4.78 is 9.76. The summed E-state index contributed by atoms with van der Waals surface area (Å²) in [5.41, 5.74) is 0. The molecule has 0 saturated heterocycles. The SMILES string of the molecule is CCOC(=O)CC(=O)NCC(COC)C(C)C. The van der Waals surface area contributed by atoms with E-state index in [1.54, 1.807) is 14.0 Å². The quantitative estimate of drug-likeness (QED) is 0.511. The molecule has 0 radical (unpaired) electrons. The molecule has 17 heavy (non-hydrogen) atoms. The third-order valence-corrected chi connectivity index (χ3v) is 2.50. The Labute approximate surface area is 103 Å². The molecule has 0 aliphatic heterocycles. The molecule has 0 heterocycles. The molecule has 0 rings (SSSR count). The minimum absolute atomic E-state index is 0.217. The highest BCUT2D eigenvalue weighted by Gasteiger charge is 2.16. The molecule has 1 amide bonds.